The molecule has 0 saturated carbocycles. The average molecular weight is 352 g/mol. The van der Waals surface area contributed by atoms with Crippen LogP contribution in [0.1, 0.15) is 40.9 Å². The van der Waals surface area contributed by atoms with Crippen molar-refractivity contribution in [1.29, 1.82) is 0 Å². The lowest BCUT2D eigenvalue weighted by Crippen LogP contribution is -2.08. The normalized spacial score (nSPS) is 10.6. The van der Waals surface area contributed by atoms with E-state index in [4.69, 9.17) is 9.47 Å². The molecular weight excluding hydrogens is 328 g/mol. The summed E-state index contributed by atoms with van der Waals surface area (Å²) in [7, 11) is 3.06. The molecule has 0 saturated heterocycles. The monoisotopic (exact) mass is 352 g/mol. The number of carboxylic acid groups (broad SMARTS) is 1. The van der Waals surface area contributed by atoms with Crippen molar-refractivity contribution in [2.24, 2.45) is 0 Å². The van der Waals surface area contributed by atoms with Crippen molar-refractivity contribution in [3.05, 3.63) is 70.3 Å². The standard InChI is InChI=1S/C22H24O4/c1-15(2)10-13-18-19(25-3)14-17(20(22(23)24)21(18)26-4)12-11-16-8-6-5-7-9-16/h5-12,14H,13H2,1-4H3,(H,23,24)/b12-11+. The lowest BCUT2D eigenvalue weighted by atomic mass is 9.97. The molecule has 0 amide bonds. The van der Waals surface area contributed by atoms with E-state index < -0.39 is 5.97 Å². The van der Waals surface area contributed by atoms with Crippen LogP contribution in [0.2, 0.25) is 0 Å². The van der Waals surface area contributed by atoms with Crippen molar-refractivity contribution in [3.63, 3.8) is 0 Å². The van der Waals surface area contributed by atoms with Crippen molar-refractivity contribution in [3.8, 4) is 11.5 Å². The van der Waals surface area contributed by atoms with E-state index in [2.05, 4.69) is 0 Å². The van der Waals surface area contributed by atoms with Gasteiger partial charge >= 0.3 is 5.97 Å². The highest BCUT2D eigenvalue weighted by Crippen LogP contribution is 2.37. The van der Waals surface area contributed by atoms with Crippen LogP contribution in [0.3, 0.4) is 0 Å². The molecule has 0 bridgehead atoms. The molecule has 0 fully saturated rings. The van der Waals surface area contributed by atoms with Crippen molar-refractivity contribution < 1.29 is 19.4 Å². The highest BCUT2D eigenvalue weighted by molar-refractivity contribution is 5.97. The molecule has 4 nitrogen and oxygen atoms in total. The summed E-state index contributed by atoms with van der Waals surface area (Å²) in [6.45, 7) is 3.99. The highest BCUT2D eigenvalue weighted by atomic mass is 16.5. The summed E-state index contributed by atoms with van der Waals surface area (Å²) in [4.78, 5) is 11.9. The predicted molar refractivity (Wildman–Crippen MR) is 105 cm³/mol. The van der Waals surface area contributed by atoms with Gasteiger partial charge < -0.3 is 14.6 Å². The van der Waals surface area contributed by atoms with E-state index in [1.54, 1.807) is 19.3 Å². The quantitative estimate of drug-likeness (QED) is 0.557. The second kappa shape index (κ2) is 8.90. The van der Waals surface area contributed by atoms with E-state index in [-0.39, 0.29) is 5.56 Å². The SMILES string of the molecule is COc1cc(/C=C/c2ccccc2)c(C(=O)O)c(OC)c1CC=C(C)C. The van der Waals surface area contributed by atoms with Crippen LogP contribution in [0.4, 0.5) is 0 Å². The zero-order valence-electron chi connectivity index (χ0n) is 15.6. The smallest absolute Gasteiger partial charge is 0.340 e. The first-order valence-electron chi connectivity index (χ1n) is 8.35. The number of methoxy groups -OCH3 is 2. The Kier molecular flexibility index (Phi) is 6.61. The van der Waals surface area contributed by atoms with E-state index >= 15 is 0 Å². The van der Waals surface area contributed by atoms with Gasteiger partial charge in [-0.2, -0.15) is 0 Å². The van der Waals surface area contributed by atoms with Gasteiger partial charge in [0.1, 0.15) is 17.1 Å². The number of allylic oxidation sites excluding steroid dienone is 2. The van der Waals surface area contributed by atoms with Crippen molar-refractivity contribution in [2.75, 3.05) is 14.2 Å². The van der Waals surface area contributed by atoms with Crippen LogP contribution in [0, 0.1) is 0 Å². The number of aromatic carboxylic acids is 1. The molecular formula is C22H24O4. The van der Waals surface area contributed by atoms with Gasteiger partial charge in [0, 0.05) is 5.56 Å². The molecule has 2 aromatic rings. The van der Waals surface area contributed by atoms with Crippen LogP contribution in [0.5, 0.6) is 11.5 Å². The topological polar surface area (TPSA) is 55.8 Å². The van der Waals surface area contributed by atoms with Gasteiger partial charge in [-0.05, 0) is 37.5 Å². The molecule has 0 aliphatic heterocycles. The van der Waals surface area contributed by atoms with Crippen LogP contribution < -0.4 is 9.47 Å². The molecule has 136 valence electrons. The van der Waals surface area contributed by atoms with E-state index in [1.165, 1.54) is 7.11 Å². The summed E-state index contributed by atoms with van der Waals surface area (Å²) in [6.07, 6.45) is 6.20. The maximum atomic E-state index is 11.9. The minimum atomic E-state index is -1.03. The number of carbonyl (C=O) groups is 1. The zero-order valence-corrected chi connectivity index (χ0v) is 15.6. The van der Waals surface area contributed by atoms with Gasteiger partial charge in [0.2, 0.25) is 0 Å². The molecule has 1 N–H and O–H groups in total. The highest BCUT2D eigenvalue weighted by Gasteiger charge is 2.22. The van der Waals surface area contributed by atoms with Gasteiger partial charge in [-0.25, -0.2) is 4.79 Å². The van der Waals surface area contributed by atoms with Gasteiger partial charge in [0.15, 0.2) is 0 Å². The average Bonchev–Trinajstić information content (AvgIpc) is 2.64. The Morgan fingerprint density at radius 3 is 2.31 bits per heavy atom. The molecule has 0 unspecified atom stereocenters. The van der Waals surface area contributed by atoms with Gasteiger partial charge in [-0.3, -0.25) is 0 Å². The summed E-state index contributed by atoms with van der Waals surface area (Å²) in [5.41, 5.74) is 3.52. The minimum absolute atomic E-state index is 0.137. The number of hydrogen-bond acceptors (Lipinski definition) is 3. The lowest BCUT2D eigenvalue weighted by Gasteiger charge is -2.17. The summed E-state index contributed by atoms with van der Waals surface area (Å²) in [5.74, 6) is -0.0882. The largest absolute Gasteiger partial charge is 0.496 e. The molecule has 0 heterocycles. The fourth-order valence-corrected chi connectivity index (χ4v) is 2.70. The first-order chi connectivity index (χ1) is 12.5. The number of hydrogen-bond donors (Lipinski definition) is 1. The first kappa shape index (κ1) is 19.3. The van der Waals surface area contributed by atoms with Gasteiger partial charge in [-0.1, -0.05) is 54.1 Å². The second-order valence-corrected chi connectivity index (χ2v) is 6.09. The summed E-state index contributed by atoms with van der Waals surface area (Å²) >= 11 is 0. The third-order valence-corrected chi connectivity index (χ3v) is 3.98. The van der Waals surface area contributed by atoms with Crippen LogP contribution in [0.25, 0.3) is 12.2 Å². The van der Waals surface area contributed by atoms with Crippen LogP contribution >= 0.6 is 0 Å². The van der Waals surface area contributed by atoms with E-state index in [0.29, 0.717) is 23.5 Å². The predicted octanol–water partition coefficient (Wildman–Crippen LogP) is 5.08. The molecule has 4 heteroatoms. The summed E-state index contributed by atoms with van der Waals surface area (Å²) < 4.78 is 11.0. The Labute approximate surface area is 154 Å². The Morgan fingerprint density at radius 1 is 1.08 bits per heavy atom. The summed E-state index contributed by atoms with van der Waals surface area (Å²) in [5, 5.41) is 9.77. The maximum Gasteiger partial charge on any atom is 0.340 e. The maximum absolute atomic E-state index is 11.9. The Hall–Kier alpha value is -3.01. The third-order valence-electron chi connectivity index (χ3n) is 3.98. The van der Waals surface area contributed by atoms with Crippen LogP contribution in [-0.4, -0.2) is 25.3 Å². The Bertz CT molecular complexity index is 829. The minimum Gasteiger partial charge on any atom is -0.496 e. The third kappa shape index (κ3) is 4.54. The van der Waals surface area contributed by atoms with E-state index in [9.17, 15) is 9.90 Å². The molecule has 2 aromatic carbocycles. The zero-order chi connectivity index (χ0) is 19.1. The van der Waals surface area contributed by atoms with Crippen LogP contribution in [-0.2, 0) is 6.42 Å². The molecule has 0 aromatic heterocycles. The fraction of sp³-hybridized carbons (Fsp3) is 0.227. The van der Waals surface area contributed by atoms with E-state index in [0.717, 1.165) is 16.7 Å². The Balaban J connectivity index is 2.62. The van der Waals surface area contributed by atoms with E-state index in [1.807, 2.05) is 56.3 Å². The number of carboxylic acids is 1. The molecule has 2 rings (SSSR count). The molecule has 0 radical (unpaired) electrons. The molecule has 26 heavy (non-hydrogen) atoms. The van der Waals surface area contributed by atoms with Crippen molar-refractivity contribution in [1.82, 2.24) is 0 Å². The van der Waals surface area contributed by atoms with Gasteiger partial charge in [-0.15, -0.1) is 0 Å². The fourth-order valence-electron chi connectivity index (χ4n) is 2.70. The van der Waals surface area contributed by atoms with Gasteiger partial charge in [0.05, 0.1) is 14.2 Å². The lowest BCUT2D eigenvalue weighted by molar-refractivity contribution is 0.0693. The van der Waals surface area contributed by atoms with Gasteiger partial charge in [0.25, 0.3) is 0 Å². The van der Waals surface area contributed by atoms with Crippen LogP contribution in [0.15, 0.2) is 48.0 Å². The molecule has 0 aliphatic carbocycles. The molecule has 0 spiro atoms. The number of rotatable bonds is 7. The molecule has 0 aliphatic rings. The Morgan fingerprint density at radius 2 is 1.77 bits per heavy atom. The van der Waals surface area contributed by atoms with Crippen molar-refractivity contribution >= 4 is 18.1 Å². The summed E-state index contributed by atoms with van der Waals surface area (Å²) in [6, 6.07) is 11.5. The number of ether oxygens (including phenoxy) is 2. The van der Waals surface area contributed by atoms with Crippen molar-refractivity contribution in [2.45, 2.75) is 20.3 Å². The number of benzene rings is 2. The molecule has 0 atom stereocenters. The second-order valence-electron chi connectivity index (χ2n) is 6.09. The first-order valence-corrected chi connectivity index (χ1v) is 8.35.